The molecule has 0 aromatic heterocycles. The van der Waals surface area contributed by atoms with E-state index in [0.717, 1.165) is 36.1 Å². The predicted octanol–water partition coefficient (Wildman–Crippen LogP) is 5.88. The molecular weight excluding hydrogens is 422 g/mol. The second kappa shape index (κ2) is 12.9. The molecule has 1 heterocycles. The molecule has 6 heteroatoms. The van der Waals surface area contributed by atoms with Crippen LogP contribution in [0.4, 0.5) is 0 Å². The van der Waals surface area contributed by atoms with Crippen molar-refractivity contribution < 1.29 is 0 Å². The van der Waals surface area contributed by atoms with E-state index in [1.165, 1.54) is 37.9 Å². The fourth-order valence-electron chi connectivity index (χ4n) is 3.49. The van der Waals surface area contributed by atoms with Gasteiger partial charge in [0.25, 0.3) is 0 Å². The molecule has 1 aliphatic rings. The Labute approximate surface area is 185 Å². The van der Waals surface area contributed by atoms with Crippen molar-refractivity contribution in [1.29, 1.82) is 0 Å². The van der Waals surface area contributed by atoms with Gasteiger partial charge >= 0.3 is 0 Å². The normalized spacial score (nSPS) is 15.0. The van der Waals surface area contributed by atoms with Crippen LogP contribution in [0.1, 0.15) is 24.0 Å². The van der Waals surface area contributed by atoms with Crippen LogP contribution in [0.15, 0.2) is 48.5 Å². The van der Waals surface area contributed by atoms with E-state index in [9.17, 15) is 0 Å². The summed E-state index contributed by atoms with van der Waals surface area (Å²) in [5, 5.41) is 4.92. The zero-order chi connectivity index (χ0) is 17.5. The molecule has 27 heavy (non-hydrogen) atoms. The molecule has 0 amide bonds. The van der Waals surface area contributed by atoms with Gasteiger partial charge in [0.2, 0.25) is 0 Å². The number of benzene rings is 2. The molecule has 0 aliphatic carbocycles. The van der Waals surface area contributed by atoms with E-state index in [4.69, 9.17) is 23.2 Å². The zero-order valence-electron chi connectivity index (χ0n) is 15.4. The fourth-order valence-corrected chi connectivity index (χ4v) is 3.96. The highest BCUT2D eigenvalue weighted by Crippen LogP contribution is 2.22. The quantitative estimate of drug-likeness (QED) is 0.530. The minimum Gasteiger partial charge on any atom is -0.311 e. The van der Waals surface area contributed by atoms with Crippen molar-refractivity contribution in [2.24, 2.45) is 5.92 Å². The first-order valence-electron chi connectivity index (χ1n) is 9.11. The summed E-state index contributed by atoms with van der Waals surface area (Å²) in [5.41, 5.74) is 2.58. The number of nitrogens with one attached hydrogen (secondary N) is 1. The van der Waals surface area contributed by atoms with Gasteiger partial charge in [0.15, 0.2) is 0 Å². The molecule has 0 saturated carbocycles. The summed E-state index contributed by atoms with van der Waals surface area (Å²) >= 11 is 12.1. The maximum atomic E-state index is 6.20. The van der Waals surface area contributed by atoms with Crippen molar-refractivity contribution in [2.75, 3.05) is 26.2 Å². The first-order valence-corrected chi connectivity index (χ1v) is 9.87. The molecule has 2 aromatic rings. The van der Waals surface area contributed by atoms with E-state index in [-0.39, 0.29) is 24.8 Å². The summed E-state index contributed by atoms with van der Waals surface area (Å²) in [6.45, 7) is 5.30. The van der Waals surface area contributed by atoms with Crippen molar-refractivity contribution in [3.8, 4) is 0 Å². The van der Waals surface area contributed by atoms with E-state index in [1.807, 2.05) is 12.1 Å². The SMILES string of the molecule is Cl.Cl.Clc1ccc(CNCCN2CCC(Cc3ccccc3)CC2)c(Cl)c1. The molecule has 2 nitrogen and oxygen atoms in total. The summed E-state index contributed by atoms with van der Waals surface area (Å²) in [6, 6.07) is 16.6. The van der Waals surface area contributed by atoms with Gasteiger partial charge in [-0.3, -0.25) is 0 Å². The van der Waals surface area contributed by atoms with Crippen molar-refractivity contribution >= 4 is 48.0 Å². The van der Waals surface area contributed by atoms with Gasteiger partial charge < -0.3 is 10.2 Å². The highest BCUT2D eigenvalue weighted by Gasteiger charge is 2.18. The second-order valence-corrected chi connectivity index (χ2v) is 7.73. The fraction of sp³-hybridized carbons (Fsp3) is 0.429. The third kappa shape index (κ3) is 8.19. The van der Waals surface area contributed by atoms with Crippen molar-refractivity contribution in [2.45, 2.75) is 25.8 Å². The minimum absolute atomic E-state index is 0. The zero-order valence-corrected chi connectivity index (χ0v) is 18.5. The van der Waals surface area contributed by atoms with E-state index >= 15 is 0 Å². The highest BCUT2D eigenvalue weighted by molar-refractivity contribution is 6.35. The number of piperidine rings is 1. The van der Waals surface area contributed by atoms with Gasteiger partial charge in [0, 0.05) is 29.7 Å². The van der Waals surface area contributed by atoms with Gasteiger partial charge in [-0.1, -0.05) is 59.6 Å². The van der Waals surface area contributed by atoms with E-state index in [2.05, 4.69) is 40.5 Å². The van der Waals surface area contributed by atoms with Gasteiger partial charge in [-0.05, 0) is 61.5 Å². The lowest BCUT2D eigenvalue weighted by molar-refractivity contribution is 0.184. The van der Waals surface area contributed by atoms with E-state index in [1.54, 1.807) is 6.07 Å². The first kappa shape index (κ1) is 24.6. The Bertz CT molecular complexity index is 658. The molecule has 0 bridgehead atoms. The molecule has 150 valence electrons. The molecule has 0 atom stereocenters. The molecule has 0 unspecified atom stereocenters. The van der Waals surface area contributed by atoms with Gasteiger partial charge in [0.05, 0.1) is 0 Å². The van der Waals surface area contributed by atoms with Gasteiger partial charge in [-0.2, -0.15) is 0 Å². The van der Waals surface area contributed by atoms with Crippen LogP contribution in [0.5, 0.6) is 0 Å². The number of likely N-dealkylation sites (tertiary alicyclic amines) is 1. The first-order chi connectivity index (χ1) is 12.2. The van der Waals surface area contributed by atoms with Crippen LogP contribution < -0.4 is 5.32 Å². The lowest BCUT2D eigenvalue weighted by Gasteiger charge is -2.32. The molecule has 1 N–H and O–H groups in total. The monoisotopic (exact) mass is 448 g/mol. The molecule has 0 radical (unpaired) electrons. The number of halogens is 4. The third-order valence-corrected chi connectivity index (χ3v) is 5.60. The minimum atomic E-state index is 0. The van der Waals surface area contributed by atoms with Crippen LogP contribution in [0.25, 0.3) is 0 Å². The van der Waals surface area contributed by atoms with E-state index < -0.39 is 0 Å². The number of hydrogen-bond acceptors (Lipinski definition) is 2. The molecular formula is C21H28Cl4N2. The Hall–Kier alpha value is -0.480. The summed E-state index contributed by atoms with van der Waals surface area (Å²) in [7, 11) is 0. The third-order valence-electron chi connectivity index (χ3n) is 5.01. The van der Waals surface area contributed by atoms with Crippen molar-refractivity contribution in [3.63, 3.8) is 0 Å². The van der Waals surface area contributed by atoms with Crippen molar-refractivity contribution in [1.82, 2.24) is 10.2 Å². The van der Waals surface area contributed by atoms with Crippen molar-refractivity contribution in [3.05, 3.63) is 69.7 Å². The Balaban J connectivity index is 0.00000182. The number of rotatable bonds is 7. The summed E-state index contributed by atoms with van der Waals surface area (Å²) in [6.07, 6.45) is 3.83. The Kier molecular flexibility index (Phi) is 11.7. The van der Waals surface area contributed by atoms with Gasteiger partial charge in [0.1, 0.15) is 0 Å². The van der Waals surface area contributed by atoms with Crippen LogP contribution in [0, 0.1) is 5.92 Å². The van der Waals surface area contributed by atoms with E-state index in [0.29, 0.717) is 5.02 Å². The molecule has 1 aliphatic heterocycles. The molecule has 1 fully saturated rings. The van der Waals surface area contributed by atoms with Crippen LogP contribution in [-0.4, -0.2) is 31.1 Å². The maximum absolute atomic E-state index is 6.20. The average Bonchev–Trinajstić information content (AvgIpc) is 2.62. The Morgan fingerprint density at radius 2 is 1.67 bits per heavy atom. The second-order valence-electron chi connectivity index (χ2n) is 6.89. The van der Waals surface area contributed by atoms with Gasteiger partial charge in [-0.15, -0.1) is 24.8 Å². The average molecular weight is 450 g/mol. The van der Waals surface area contributed by atoms with Crippen LogP contribution in [0.3, 0.4) is 0 Å². The Morgan fingerprint density at radius 1 is 0.963 bits per heavy atom. The number of nitrogens with zero attached hydrogens (tertiary/aromatic N) is 1. The standard InChI is InChI=1S/C21H26Cl2N2.2ClH/c22-20-7-6-19(21(23)15-20)16-24-10-13-25-11-8-18(9-12-25)14-17-4-2-1-3-5-17;;/h1-7,15,18,24H,8-14,16H2;2*1H. The van der Waals surface area contributed by atoms with Gasteiger partial charge in [-0.25, -0.2) is 0 Å². The molecule has 0 spiro atoms. The largest absolute Gasteiger partial charge is 0.311 e. The summed E-state index contributed by atoms with van der Waals surface area (Å²) in [4.78, 5) is 2.57. The van der Waals surface area contributed by atoms with Crippen LogP contribution >= 0.6 is 48.0 Å². The van der Waals surface area contributed by atoms with Crippen LogP contribution in [0.2, 0.25) is 10.0 Å². The topological polar surface area (TPSA) is 15.3 Å². The predicted molar refractivity (Wildman–Crippen MR) is 122 cm³/mol. The van der Waals surface area contributed by atoms with Crippen LogP contribution in [-0.2, 0) is 13.0 Å². The molecule has 2 aromatic carbocycles. The number of hydrogen-bond donors (Lipinski definition) is 1. The Morgan fingerprint density at radius 3 is 2.33 bits per heavy atom. The lowest BCUT2D eigenvalue weighted by Crippen LogP contribution is -2.38. The smallest absolute Gasteiger partial charge is 0.0465 e. The summed E-state index contributed by atoms with van der Waals surface area (Å²) in [5.74, 6) is 0.833. The lowest BCUT2D eigenvalue weighted by atomic mass is 9.90. The molecule has 3 rings (SSSR count). The maximum Gasteiger partial charge on any atom is 0.0465 e. The molecule has 1 saturated heterocycles. The summed E-state index contributed by atoms with van der Waals surface area (Å²) < 4.78 is 0. The highest BCUT2D eigenvalue weighted by atomic mass is 35.5.